The summed E-state index contributed by atoms with van der Waals surface area (Å²) in [6.45, 7) is 9.54. The van der Waals surface area contributed by atoms with Gasteiger partial charge in [0, 0.05) is 26.1 Å². The van der Waals surface area contributed by atoms with Gasteiger partial charge in [-0.05, 0) is 55.9 Å². The van der Waals surface area contributed by atoms with Gasteiger partial charge in [0.25, 0.3) is 0 Å². The summed E-state index contributed by atoms with van der Waals surface area (Å²) >= 11 is 0. The van der Waals surface area contributed by atoms with Crippen molar-refractivity contribution >= 4 is 17.7 Å². The number of aliphatic hydroxyl groups is 1. The van der Waals surface area contributed by atoms with Crippen LogP contribution in [0.25, 0.3) is 0 Å². The SMILES string of the molecule is CCCCC(NC(Cc1ccccc1)C(=O)N1CCC(OCOC)CC1)C(=O)NC(CC1CCCCC1)C(O)CC(C(=O)NCC[N+]1([O-])CCOCC1)C(C)C. The Hall–Kier alpha value is -2.65. The van der Waals surface area contributed by atoms with Gasteiger partial charge in [-0.3, -0.25) is 19.7 Å². The number of methoxy groups -OCH3 is 1. The summed E-state index contributed by atoms with van der Waals surface area (Å²) in [5.41, 5.74) is 1.01. The molecule has 4 N–H and O–H groups in total. The second kappa shape index (κ2) is 24.3. The number of rotatable bonds is 23. The highest BCUT2D eigenvalue weighted by atomic mass is 16.7. The van der Waals surface area contributed by atoms with Crippen LogP contribution in [0.4, 0.5) is 0 Å². The monoisotopic (exact) mass is 788 g/mol. The van der Waals surface area contributed by atoms with Gasteiger partial charge < -0.3 is 44.7 Å². The van der Waals surface area contributed by atoms with Crippen molar-refractivity contribution in [3.63, 3.8) is 0 Å². The molecule has 56 heavy (non-hydrogen) atoms. The molecule has 1 saturated carbocycles. The zero-order valence-corrected chi connectivity index (χ0v) is 34.8. The van der Waals surface area contributed by atoms with Crippen LogP contribution >= 0.6 is 0 Å². The molecule has 1 aromatic rings. The van der Waals surface area contributed by atoms with E-state index in [4.69, 9.17) is 14.2 Å². The summed E-state index contributed by atoms with van der Waals surface area (Å²) in [6.07, 6.45) is 9.56. The summed E-state index contributed by atoms with van der Waals surface area (Å²) in [5, 5.41) is 34.7. The molecule has 3 fully saturated rings. The summed E-state index contributed by atoms with van der Waals surface area (Å²) in [5.74, 6) is -0.624. The van der Waals surface area contributed by atoms with Crippen molar-refractivity contribution in [2.45, 2.75) is 135 Å². The Bertz CT molecular complexity index is 1280. The lowest BCUT2D eigenvalue weighted by atomic mass is 9.81. The van der Waals surface area contributed by atoms with E-state index < -0.39 is 30.1 Å². The van der Waals surface area contributed by atoms with Crippen LogP contribution in [0.15, 0.2) is 30.3 Å². The van der Waals surface area contributed by atoms with E-state index >= 15 is 0 Å². The molecule has 3 aliphatic rings. The Morgan fingerprint density at radius 3 is 2.34 bits per heavy atom. The Morgan fingerprint density at radius 2 is 1.70 bits per heavy atom. The maximum atomic E-state index is 14.5. The number of quaternary nitrogens is 1. The number of hydrogen-bond acceptors (Lipinski definition) is 9. The van der Waals surface area contributed by atoms with Gasteiger partial charge in [-0.25, -0.2) is 0 Å². The molecule has 318 valence electrons. The first-order chi connectivity index (χ1) is 27.0. The van der Waals surface area contributed by atoms with Crippen molar-refractivity contribution in [3.8, 4) is 0 Å². The minimum Gasteiger partial charge on any atom is -0.633 e. The van der Waals surface area contributed by atoms with Crippen LogP contribution in [0.5, 0.6) is 0 Å². The van der Waals surface area contributed by atoms with Crippen molar-refractivity contribution < 1.29 is 38.3 Å². The molecule has 4 rings (SSSR count). The van der Waals surface area contributed by atoms with Gasteiger partial charge in [0.1, 0.15) is 19.9 Å². The molecule has 2 heterocycles. The molecule has 2 saturated heterocycles. The average Bonchev–Trinajstić information content (AvgIpc) is 3.20. The summed E-state index contributed by atoms with van der Waals surface area (Å²) in [6, 6.07) is 8.07. The number of piperidine rings is 1. The number of nitrogens with one attached hydrogen (secondary N) is 3. The minimum absolute atomic E-state index is 0.0311. The number of likely N-dealkylation sites (tertiary alicyclic amines) is 1. The number of hydroxylamine groups is 3. The number of unbranched alkanes of at least 4 members (excludes halogenated alkanes) is 1. The van der Waals surface area contributed by atoms with E-state index in [2.05, 4.69) is 22.9 Å². The van der Waals surface area contributed by atoms with E-state index in [-0.39, 0.29) is 60.7 Å². The van der Waals surface area contributed by atoms with Gasteiger partial charge in [0.15, 0.2) is 0 Å². The zero-order valence-electron chi connectivity index (χ0n) is 34.8. The maximum absolute atomic E-state index is 14.5. The van der Waals surface area contributed by atoms with Gasteiger partial charge in [-0.2, -0.15) is 0 Å². The molecule has 0 bridgehead atoms. The van der Waals surface area contributed by atoms with Crippen molar-refractivity contribution in [2.24, 2.45) is 17.8 Å². The van der Waals surface area contributed by atoms with E-state index in [1.807, 2.05) is 49.1 Å². The molecule has 0 aromatic heterocycles. The number of hydrogen-bond donors (Lipinski definition) is 4. The van der Waals surface area contributed by atoms with Crippen molar-refractivity contribution in [1.82, 2.24) is 20.9 Å². The molecule has 0 spiro atoms. The molecule has 2 aliphatic heterocycles. The third-order valence-electron chi connectivity index (χ3n) is 12.2. The van der Waals surface area contributed by atoms with Gasteiger partial charge in [0.2, 0.25) is 17.7 Å². The van der Waals surface area contributed by atoms with E-state index in [1.165, 1.54) is 6.42 Å². The highest BCUT2D eigenvalue weighted by molar-refractivity contribution is 5.86. The predicted molar refractivity (Wildman–Crippen MR) is 217 cm³/mol. The zero-order chi connectivity index (χ0) is 40.3. The Morgan fingerprint density at radius 1 is 1.00 bits per heavy atom. The Balaban J connectivity index is 1.48. The largest absolute Gasteiger partial charge is 0.633 e. The fourth-order valence-corrected chi connectivity index (χ4v) is 8.53. The third-order valence-corrected chi connectivity index (χ3v) is 12.2. The number of nitrogens with zero attached hydrogens (tertiary/aromatic N) is 2. The molecule has 5 atom stereocenters. The first-order valence-electron chi connectivity index (χ1n) is 21.6. The molecule has 13 heteroatoms. The van der Waals surface area contributed by atoms with Crippen LogP contribution in [0, 0.1) is 23.0 Å². The number of benzene rings is 1. The predicted octanol–water partition coefficient (Wildman–Crippen LogP) is 4.30. The highest BCUT2D eigenvalue weighted by Gasteiger charge is 2.36. The Labute approximate surface area is 336 Å². The quantitative estimate of drug-likeness (QED) is 0.0721. The molecule has 1 aromatic carbocycles. The molecular weight excluding hydrogens is 714 g/mol. The van der Waals surface area contributed by atoms with Crippen LogP contribution in [-0.2, 0) is 35.0 Å². The van der Waals surface area contributed by atoms with Crippen LogP contribution in [0.1, 0.15) is 103 Å². The van der Waals surface area contributed by atoms with Crippen LogP contribution < -0.4 is 16.0 Å². The topological polar surface area (TPSA) is 162 Å². The standard InChI is InChI=1S/C43H73N5O8/c1-5-6-17-37(45-39(29-34-15-11-8-12-16-34)43(52)47-21-18-35(19-22-47)56-31-54-4)42(51)46-38(28-33-13-9-7-10-14-33)40(49)30-36(32(2)3)41(50)44-20-23-48(53)24-26-55-27-25-48/h8,11-12,15-16,32-33,35-40,45,49H,5-7,9-10,13-14,17-31H2,1-4H3,(H,44,50)(H,46,51). The minimum atomic E-state index is -0.952. The smallest absolute Gasteiger partial charge is 0.240 e. The van der Waals surface area contributed by atoms with Gasteiger partial charge in [0.05, 0.1) is 56.6 Å². The summed E-state index contributed by atoms with van der Waals surface area (Å²) < 4.78 is 15.8. The molecule has 1 aliphatic carbocycles. The molecule has 13 nitrogen and oxygen atoms in total. The second-order valence-electron chi connectivity index (χ2n) is 16.8. The lowest BCUT2D eigenvalue weighted by Crippen LogP contribution is -2.58. The van der Waals surface area contributed by atoms with Gasteiger partial charge in [-0.15, -0.1) is 0 Å². The molecule has 0 radical (unpaired) electrons. The normalized spacial score (nSPS) is 20.9. The van der Waals surface area contributed by atoms with Crippen molar-refractivity contribution in [3.05, 3.63) is 41.1 Å². The number of amides is 3. The number of aliphatic hydroxyl groups excluding tert-OH is 1. The number of ether oxygens (including phenoxy) is 3. The van der Waals surface area contributed by atoms with Crippen molar-refractivity contribution in [2.75, 3.05) is 66.4 Å². The summed E-state index contributed by atoms with van der Waals surface area (Å²) in [4.78, 5) is 44.1. The fraction of sp³-hybridized carbons (Fsp3) is 0.791. The molecular formula is C43H73N5O8. The lowest BCUT2D eigenvalue weighted by molar-refractivity contribution is -0.887. The maximum Gasteiger partial charge on any atom is 0.240 e. The van der Waals surface area contributed by atoms with E-state index in [0.717, 1.165) is 56.9 Å². The van der Waals surface area contributed by atoms with Crippen LogP contribution in [0.2, 0.25) is 0 Å². The van der Waals surface area contributed by atoms with Crippen molar-refractivity contribution in [1.29, 1.82) is 0 Å². The Kier molecular flexibility index (Phi) is 20.0. The lowest BCUT2D eigenvalue weighted by Gasteiger charge is -2.45. The van der Waals surface area contributed by atoms with Crippen LogP contribution in [-0.4, -0.2) is 129 Å². The first kappa shape index (κ1) is 46.0. The van der Waals surface area contributed by atoms with Gasteiger partial charge in [-0.1, -0.05) is 96.0 Å². The number of carbonyl (C=O) groups is 3. The van der Waals surface area contributed by atoms with E-state index in [0.29, 0.717) is 64.6 Å². The molecule has 5 unspecified atom stereocenters. The summed E-state index contributed by atoms with van der Waals surface area (Å²) in [7, 11) is 1.60. The van der Waals surface area contributed by atoms with E-state index in [9.17, 15) is 24.7 Å². The van der Waals surface area contributed by atoms with Gasteiger partial charge >= 0.3 is 0 Å². The third kappa shape index (κ3) is 15.3. The highest BCUT2D eigenvalue weighted by Crippen LogP contribution is 2.30. The molecule has 3 amide bonds. The fourth-order valence-electron chi connectivity index (χ4n) is 8.53. The second-order valence-corrected chi connectivity index (χ2v) is 16.8. The number of carbonyl (C=O) groups excluding carboxylic acids is 3. The first-order valence-corrected chi connectivity index (χ1v) is 21.6. The number of morpholine rings is 1. The van der Waals surface area contributed by atoms with E-state index in [1.54, 1.807) is 7.11 Å². The van der Waals surface area contributed by atoms with Crippen LogP contribution in [0.3, 0.4) is 0 Å². The average molecular weight is 788 g/mol.